The van der Waals surface area contributed by atoms with Gasteiger partial charge < -0.3 is 25.0 Å². The lowest BCUT2D eigenvalue weighted by atomic mass is 10.1. The van der Waals surface area contributed by atoms with Crippen LogP contribution in [0.2, 0.25) is 0 Å². The number of benzene rings is 1. The maximum atomic E-state index is 12.9. The minimum atomic E-state index is -0.579. The van der Waals surface area contributed by atoms with Crippen LogP contribution >= 0.6 is 11.8 Å². The summed E-state index contributed by atoms with van der Waals surface area (Å²) < 4.78 is 10.4. The molecule has 0 aromatic heterocycles. The van der Waals surface area contributed by atoms with Gasteiger partial charge in [0.1, 0.15) is 18.7 Å². The van der Waals surface area contributed by atoms with Gasteiger partial charge in [-0.3, -0.25) is 14.4 Å². The third kappa shape index (κ3) is 6.01. The number of hydrogen-bond acceptors (Lipinski definition) is 8. The summed E-state index contributed by atoms with van der Waals surface area (Å²) in [5.74, 6) is -0.316. The number of amides is 2. The SMILES string of the molecule is COC(=O)[C@@H]1CSCc2ccccc2C(=O)OC[C@H](NC(=O)[C@@H]2CCCN2C(C)=O)CN1. The van der Waals surface area contributed by atoms with Crippen LogP contribution in [0.25, 0.3) is 0 Å². The summed E-state index contributed by atoms with van der Waals surface area (Å²) in [7, 11) is 1.33. The van der Waals surface area contributed by atoms with Crippen molar-refractivity contribution in [2.24, 2.45) is 0 Å². The molecule has 3 rings (SSSR count). The molecule has 32 heavy (non-hydrogen) atoms. The van der Waals surface area contributed by atoms with Crippen molar-refractivity contribution in [1.29, 1.82) is 0 Å². The van der Waals surface area contributed by atoms with Crippen molar-refractivity contribution in [3.8, 4) is 0 Å². The summed E-state index contributed by atoms with van der Waals surface area (Å²) >= 11 is 1.50. The molecule has 0 bridgehead atoms. The number of nitrogens with one attached hydrogen (secondary N) is 2. The van der Waals surface area contributed by atoms with Crippen LogP contribution in [0.1, 0.15) is 35.7 Å². The molecule has 9 nitrogen and oxygen atoms in total. The lowest BCUT2D eigenvalue weighted by molar-refractivity contribution is -0.142. The first-order valence-corrected chi connectivity index (χ1v) is 11.8. The summed E-state index contributed by atoms with van der Waals surface area (Å²) in [6.07, 6.45) is 1.34. The van der Waals surface area contributed by atoms with Crippen LogP contribution in [-0.4, -0.2) is 79.3 Å². The van der Waals surface area contributed by atoms with Crippen LogP contribution in [0.5, 0.6) is 0 Å². The minimum Gasteiger partial charge on any atom is -0.468 e. The van der Waals surface area contributed by atoms with Crippen molar-refractivity contribution in [3.63, 3.8) is 0 Å². The third-order valence-corrected chi connectivity index (χ3v) is 6.68. The Labute approximate surface area is 191 Å². The maximum Gasteiger partial charge on any atom is 0.338 e. The Bertz CT molecular complexity index is 864. The van der Waals surface area contributed by atoms with E-state index in [0.29, 0.717) is 30.0 Å². The van der Waals surface area contributed by atoms with Gasteiger partial charge in [0.2, 0.25) is 11.8 Å². The fourth-order valence-electron chi connectivity index (χ4n) is 3.89. The highest BCUT2D eigenvalue weighted by Crippen LogP contribution is 2.20. The highest BCUT2D eigenvalue weighted by atomic mass is 32.2. The van der Waals surface area contributed by atoms with Crippen molar-refractivity contribution in [3.05, 3.63) is 35.4 Å². The van der Waals surface area contributed by atoms with Crippen LogP contribution < -0.4 is 10.6 Å². The lowest BCUT2D eigenvalue weighted by Crippen LogP contribution is -2.54. The molecule has 174 valence electrons. The molecule has 2 aliphatic rings. The van der Waals surface area contributed by atoms with Gasteiger partial charge >= 0.3 is 11.9 Å². The fourth-order valence-corrected chi connectivity index (χ4v) is 4.97. The van der Waals surface area contributed by atoms with Gasteiger partial charge in [0.05, 0.1) is 18.7 Å². The van der Waals surface area contributed by atoms with Gasteiger partial charge in [0.25, 0.3) is 0 Å². The number of esters is 2. The van der Waals surface area contributed by atoms with E-state index in [1.165, 1.54) is 25.8 Å². The largest absolute Gasteiger partial charge is 0.468 e. The van der Waals surface area contributed by atoms with Gasteiger partial charge in [0, 0.05) is 31.5 Å². The van der Waals surface area contributed by atoms with E-state index in [2.05, 4.69) is 10.6 Å². The van der Waals surface area contributed by atoms with E-state index >= 15 is 0 Å². The molecule has 1 aromatic carbocycles. The van der Waals surface area contributed by atoms with Crippen LogP contribution in [0.15, 0.2) is 24.3 Å². The molecule has 1 fully saturated rings. The molecule has 2 N–H and O–H groups in total. The predicted molar refractivity (Wildman–Crippen MR) is 119 cm³/mol. The number of rotatable bonds is 3. The molecule has 1 aromatic rings. The Morgan fingerprint density at radius 2 is 2.06 bits per heavy atom. The smallest absolute Gasteiger partial charge is 0.338 e. The van der Waals surface area contributed by atoms with Gasteiger partial charge in [-0.1, -0.05) is 18.2 Å². The molecule has 2 amide bonds. The van der Waals surface area contributed by atoms with Crippen LogP contribution in [0, 0.1) is 0 Å². The molecular weight excluding hydrogens is 434 g/mol. The molecule has 0 spiro atoms. The topological polar surface area (TPSA) is 114 Å². The minimum absolute atomic E-state index is 0.0697. The van der Waals surface area contributed by atoms with E-state index in [4.69, 9.17) is 9.47 Å². The normalized spacial score (nSPS) is 24.4. The van der Waals surface area contributed by atoms with Crippen LogP contribution in [-0.2, 0) is 29.6 Å². The average Bonchev–Trinajstić information content (AvgIpc) is 3.28. The number of cyclic esters (lactones) is 1. The first-order chi connectivity index (χ1) is 15.4. The van der Waals surface area contributed by atoms with Gasteiger partial charge in [0.15, 0.2) is 0 Å². The molecule has 0 aliphatic carbocycles. The summed E-state index contributed by atoms with van der Waals surface area (Å²) in [6, 6.07) is 5.47. The second kappa shape index (κ2) is 11.3. The summed E-state index contributed by atoms with van der Waals surface area (Å²) in [5.41, 5.74) is 1.28. The molecule has 0 radical (unpaired) electrons. The summed E-state index contributed by atoms with van der Waals surface area (Å²) in [6.45, 7) is 2.12. The third-order valence-electron chi connectivity index (χ3n) is 5.60. The average molecular weight is 464 g/mol. The highest BCUT2D eigenvalue weighted by Gasteiger charge is 2.34. The monoisotopic (exact) mass is 463 g/mol. The van der Waals surface area contributed by atoms with E-state index in [1.54, 1.807) is 17.0 Å². The number of fused-ring (bicyclic) bond motifs is 1. The molecule has 10 heteroatoms. The van der Waals surface area contributed by atoms with Gasteiger partial charge in [-0.05, 0) is 24.5 Å². The van der Waals surface area contributed by atoms with Gasteiger partial charge in [-0.25, -0.2) is 4.79 Å². The summed E-state index contributed by atoms with van der Waals surface area (Å²) in [5, 5.41) is 6.01. The van der Waals surface area contributed by atoms with Crippen molar-refractivity contribution in [2.75, 3.05) is 32.6 Å². The predicted octanol–water partition coefficient (Wildman–Crippen LogP) is 0.717. The molecule has 1 saturated heterocycles. The molecule has 0 unspecified atom stereocenters. The van der Waals surface area contributed by atoms with E-state index in [0.717, 1.165) is 12.0 Å². The Balaban J connectivity index is 1.76. The van der Waals surface area contributed by atoms with E-state index in [9.17, 15) is 19.2 Å². The van der Waals surface area contributed by atoms with Crippen LogP contribution in [0.4, 0.5) is 0 Å². The van der Waals surface area contributed by atoms with Gasteiger partial charge in [-0.15, -0.1) is 0 Å². The lowest BCUT2D eigenvalue weighted by Gasteiger charge is -2.27. The standard InChI is InChI=1S/C22H29N3O6S/c1-14(26)25-9-5-8-19(25)20(27)24-16-10-23-18(22(29)30-2)13-32-12-15-6-3-4-7-17(15)21(28)31-11-16/h3-4,6-7,16,18-19,23H,5,8-13H2,1-2H3,(H,24,27)/t16-,18+,19+/m1/s1. The highest BCUT2D eigenvalue weighted by molar-refractivity contribution is 7.98. The number of likely N-dealkylation sites (tertiary alicyclic amines) is 1. The Hall–Kier alpha value is -2.59. The number of methoxy groups -OCH3 is 1. The molecular formula is C22H29N3O6S. The first-order valence-electron chi connectivity index (χ1n) is 10.6. The zero-order chi connectivity index (χ0) is 23.1. The van der Waals surface area contributed by atoms with E-state index in [-0.39, 0.29) is 25.0 Å². The number of nitrogens with zero attached hydrogens (tertiary/aromatic N) is 1. The van der Waals surface area contributed by atoms with Crippen molar-refractivity contribution < 1.29 is 28.7 Å². The Morgan fingerprint density at radius 3 is 2.81 bits per heavy atom. The molecule has 3 atom stereocenters. The number of carbonyl (C=O) groups excluding carboxylic acids is 4. The van der Waals surface area contributed by atoms with Crippen molar-refractivity contribution in [1.82, 2.24) is 15.5 Å². The van der Waals surface area contributed by atoms with E-state index < -0.39 is 30.1 Å². The zero-order valence-corrected chi connectivity index (χ0v) is 19.1. The summed E-state index contributed by atoms with van der Waals surface area (Å²) in [4.78, 5) is 51.2. The number of ether oxygens (including phenoxy) is 2. The number of thioether (sulfide) groups is 1. The van der Waals surface area contributed by atoms with Crippen LogP contribution in [0.3, 0.4) is 0 Å². The maximum absolute atomic E-state index is 12.9. The number of carbonyl (C=O) groups is 4. The second-order valence-electron chi connectivity index (χ2n) is 7.83. The number of hydrogen-bond donors (Lipinski definition) is 2. The van der Waals surface area contributed by atoms with Gasteiger partial charge in [-0.2, -0.15) is 11.8 Å². The Morgan fingerprint density at radius 1 is 1.28 bits per heavy atom. The van der Waals surface area contributed by atoms with E-state index in [1.807, 2.05) is 12.1 Å². The second-order valence-corrected chi connectivity index (χ2v) is 8.86. The Kier molecular flexibility index (Phi) is 8.52. The molecule has 2 aliphatic heterocycles. The van der Waals surface area contributed by atoms with Crippen molar-refractivity contribution in [2.45, 2.75) is 43.6 Å². The molecule has 0 saturated carbocycles. The first kappa shape index (κ1) is 24.1. The molecule has 2 heterocycles. The zero-order valence-electron chi connectivity index (χ0n) is 18.3. The quantitative estimate of drug-likeness (QED) is 0.631. The van der Waals surface area contributed by atoms with Crippen molar-refractivity contribution >= 4 is 35.5 Å². The fraction of sp³-hybridized carbons (Fsp3) is 0.545.